The van der Waals surface area contributed by atoms with Gasteiger partial charge in [-0.25, -0.2) is 0 Å². The number of hydrogen-bond donors (Lipinski definition) is 0. The Balaban J connectivity index is 3.00. The summed E-state index contributed by atoms with van der Waals surface area (Å²) < 4.78 is 0. The molecule has 2 heteroatoms. The second-order valence-corrected chi connectivity index (χ2v) is 4.59. The molecule has 0 aliphatic rings. The van der Waals surface area contributed by atoms with Gasteiger partial charge in [-0.05, 0) is 22.1 Å². The first-order valence-electron chi connectivity index (χ1n) is 4.83. The van der Waals surface area contributed by atoms with Gasteiger partial charge in [0.15, 0.2) is 0 Å². The van der Waals surface area contributed by atoms with E-state index < -0.39 is 5.97 Å². The molecule has 0 amide bonds. The molecule has 1 rings (SSSR count). The zero-order valence-electron chi connectivity index (χ0n) is 9.33. The Morgan fingerprint density at radius 3 is 1.87 bits per heavy atom. The van der Waals surface area contributed by atoms with E-state index in [4.69, 9.17) is 0 Å². The summed E-state index contributed by atoms with van der Waals surface area (Å²) in [4.78, 5) is 10.5. The number of carbonyl (C=O) groups is 1. The molecule has 0 unspecified atom stereocenters. The van der Waals surface area contributed by atoms with Crippen molar-refractivity contribution < 1.29 is 9.90 Å². The van der Waals surface area contributed by atoms with Gasteiger partial charge in [-0.2, -0.15) is 0 Å². The number of hydrogen-bond acceptors (Lipinski definition) is 2. The summed E-state index contributed by atoms with van der Waals surface area (Å²) in [6.45, 7) is 10.2. The van der Waals surface area contributed by atoms with Crippen molar-refractivity contribution in [2.24, 2.45) is 5.41 Å². The van der Waals surface area contributed by atoms with Crippen LogP contribution in [0.2, 0.25) is 0 Å². The largest absolute Gasteiger partial charge is 0.545 e. The van der Waals surface area contributed by atoms with Crippen molar-refractivity contribution in [3.05, 3.63) is 42.0 Å². The molecule has 0 aliphatic carbocycles. The van der Waals surface area contributed by atoms with Crippen LogP contribution in [0.1, 0.15) is 36.7 Å². The van der Waals surface area contributed by atoms with Crippen molar-refractivity contribution in [1.29, 1.82) is 0 Å². The lowest BCUT2D eigenvalue weighted by atomic mass is 9.83. The fraction of sp³-hybridized carbons (Fsp3) is 0.308. The lowest BCUT2D eigenvalue weighted by molar-refractivity contribution is -0.255. The van der Waals surface area contributed by atoms with E-state index in [1.165, 1.54) is 0 Å². The summed E-state index contributed by atoms with van der Waals surface area (Å²) in [6.07, 6.45) is 0. The van der Waals surface area contributed by atoms with E-state index in [0.29, 0.717) is 0 Å². The van der Waals surface area contributed by atoms with Gasteiger partial charge in [0.25, 0.3) is 0 Å². The molecule has 0 atom stereocenters. The molecule has 0 bridgehead atoms. The molecule has 0 aliphatic heterocycles. The third kappa shape index (κ3) is 2.69. The van der Waals surface area contributed by atoms with Gasteiger partial charge < -0.3 is 9.90 Å². The summed E-state index contributed by atoms with van der Waals surface area (Å²) in [7, 11) is 0. The Kier molecular flexibility index (Phi) is 2.98. The molecule has 15 heavy (non-hydrogen) atoms. The molecule has 0 fully saturated rings. The van der Waals surface area contributed by atoms with Crippen LogP contribution in [-0.2, 0) is 0 Å². The first-order valence-corrected chi connectivity index (χ1v) is 4.83. The molecule has 0 radical (unpaired) electrons. The van der Waals surface area contributed by atoms with Gasteiger partial charge in [0.1, 0.15) is 0 Å². The monoisotopic (exact) mass is 203 g/mol. The third-order valence-electron chi connectivity index (χ3n) is 2.37. The molecule has 80 valence electrons. The van der Waals surface area contributed by atoms with E-state index in [0.717, 1.165) is 11.1 Å². The van der Waals surface area contributed by atoms with Crippen molar-refractivity contribution in [2.45, 2.75) is 20.8 Å². The summed E-state index contributed by atoms with van der Waals surface area (Å²) in [5, 5.41) is 10.5. The zero-order valence-corrected chi connectivity index (χ0v) is 9.33. The van der Waals surface area contributed by atoms with Crippen LogP contribution in [0.3, 0.4) is 0 Å². The predicted molar refractivity (Wildman–Crippen MR) is 59.3 cm³/mol. The highest BCUT2D eigenvalue weighted by atomic mass is 16.4. The summed E-state index contributed by atoms with van der Waals surface area (Å²) in [5.74, 6) is -1.15. The maximum Gasteiger partial charge on any atom is 0.0715 e. The van der Waals surface area contributed by atoms with Crippen LogP contribution < -0.4 is 5.11 Å². The number of benzene rings is 1. The van der Waals surface area contributed by atoms with Gasteiger partial charge in [-0.3, -0.25) is 0 Å². The van der Waals surface area contributed by atoms with E-state index in [1.54, 1.807) is 24.3 Å². The fourth-order valence-electron chi connectivity index (χ4n) is 1.24. The molecule has 0 aromatic heterocycles. The number of aromatic carboxylic acids is 1. The van der Waals surface area contributed by atoms with Crippen molar-refractivity contribution >= 4 is 11.5 Å². The Labute approximate surface area is 90.3 Å². The zero-order chi connectivity index (χ0) is 11.6. The second kappa shape index (κ2) is 3.89. The highest BCUT2D eigenvalue weighted by Gasteiger charge is 2.16. The van der Waals surface area contributed by atoms with Gasteiger partial charge >= 0.3 is 0 Å². The molecule has 0 N–H and O–H groups in total. The molecule has 1 aromatic rings. The lowest BCUT2D eigenvalue weighted by Gasteiger charge is -2.22. The van der Waals surface area contributed by atoms with E-state index >= 15 is 0 Å². The Morgan fingerprint density at radius 2 is 1.53 bits per heavy atom. The minimum atomic E-state index is -1.15. The van der Waals surface area contributed by atoms with Crippen LogP contribution in [0, 0.1) is 5.41 Å². The minimum absolute atomic E-state index is 0.0109. The minimum Gasteiger partial charge on any atom is -0.545 e. The summed E-state index contributed by atoms with van der Waals surface area (Å²) in [6, 6.07) is 6.61. The van der Waals surface area contributed by atoms with Crippen LogP contribution in [0.5, 0.6) is 0 Å². The van der Waals surface area contributed by atoms with E-state index in [9.17, 15) is 9.90 Å². The smallest absolute Gasteiger partial charge is 0.0715 e. The SMILES string of the molecule is C=C(c1ccc(C(=O)[O-])cc1)C(C)(C)C. The van der Waals surface area contributed by atoms with Crippen molar-refractivity contribution in [2.75, 3.05) is 0 Å². The molecule has 2 nitrogen and oxygen atoms in total. The highest BCUT2D eigenvalue weighted by Crippen LogP contribution is 2.32. The van der Waals surface area contributed by atoms with Crippen molar-refractivity contribution in [3.8, 4) is 0 Å². The van der Waals surface area contributed by atoms with Crippen molar-refractivity contribution in [1.82, 2.24) is 0 Å². The molecule has 0 saturated carbocycles. The van der Waals surface area contributed by atoms with Gasteiger partial charge in [-0.15, -0.1) is 0 Å². The lowest BCUT2D eigenvalue weighted by Crippen LogP contribution is -2.22. The maximum atomic E-state index is 10.5. The number of allylic oxidation sites excluding steroid dienone is 1. The first kappa shape index (κ1) is 11.5. The molecule has 0 heterocycles. The van der Waals surface area contributed by atoms with Gasteiger partial charge in [0, 0.05) is 0 Å². The second-order valence-electron chi connectivity index (χ2n) is 4.59. The van der Waals surface area contributed by atoms with E-state index in [1.807, 2.05) is 0 Å². The number of carboxylic acids is 1. The summed E-state index contributed by atoms with van der Waals surface area (Å²) >= 11 is 0. The average Bonchev–Trinajstić information content (AvgIpc) is 2.15. The third-order valence-corrected chi connectivity index (χ3v) is 2.37. The van der Waals surface area contributed by atoms with E-state index in [2.05, 4.69) is 27.4 Å². The Bertz CT molecular complexity index is 380. The molecule has 0 saturated heterocycles. The predicted octanol–water partition coefficient (Wildman–Crippen LogP) is 2.11. The van der Waals surface area contributed by atoms with Crippen LogP contribution in [0.15, 0.2) is 30.8 Å². The van der Waals surface area contributed by atoms with E-state index in [-0.39, 0.29) is 11.0 Å². The number of carboxylic acid groups (broad SMARTS) is 1. The topological polar surface area (TPSA) is 40.1 Å². The normalized spacial score (nSPS) is 11.1. The molecular formula is C13H15O2-. The first-order chi connectivity index (χ1) is 6.82. The van der Waals surface area contributed by atoms with Gasteiger partial charge in [0.2, 0.25) is 0 Å². The molecular weight excluding hydrogens is 188 g/mol. The van der Waals surface area contributed by atoms with Crippen LogP contribution in [0.4, 0.5) is 0 Å². The Morgan fingerprint density at radius 1 is 1.13 bits per heavy atom. The molecule has 1 aromatic carbocycles. The molecule has 0 spiro atoms. The number of rotatable bonds is 2. The van der Waals surface area contributed by atoms with Crippen molar-refractivity contribution in [3.63, 3.8) is 0 Å². The highest BCUT2D eigenvalue weighted by molar-refractivity contribution is 5.86. The average molecular weight is 203 g/mol. The van der Waals surface area contributed by atoms with Crippen LogP contribution >= 0.6 is 0 Å². The maximum absolute atomic E-state index is 10.5. The standard InChI is InChI=1S/C13H16O2/c1-9(13(2,3)4)10-5-7-11(8-6-10)12(14)15/h5-8H,1H2,2-4H3,(H,14,15)/p-1. The summed E-state index contributed by atoms with van der Waals surface area (Å²) in [5.41, 5.74) is 2.14. The number of carbonyl (C=O) groups excluding carboxylic acids is 1. The van der Waals surface area contributed by atoms with Crippen LogP contribution in [-0.4, -0.2) is 5.97 Å². The fourth-order valence-corrected chi connectivity index (χ4v) is 1.24. The van der Waals surface area contributed by atoms with Crippen LogP contribution in [0.25, 0.3) is 5.57 Å². The quantitative estimate of drug-likeness (QED) is 0.738. The Hall–Kier alpha value is -1.57. The van der Waals surface area contributed by atoms with Gasteiger partial charge in [-0.1, -0.05) is 51.6 Å². The van der Waals surface area contributed by atoms with Gasteiger partial charge in [0.05, 0.1) is 5.97 Å².